The number of sulfone groups is 1. The Morgan fingerprint density at radius 1 is 0.975 bits per heavy atom. The monoisotopic (exact) mass is 570 g/mol. The Hall–Kier alpha value is -1.17. The lowest BCUT2D eigenvalue weighted by Crippen LogP contribution is -2.48. The largest absolute Gasteiger partial charge is 0.393 e. The van der Waals surface area contributed by atoms with Crippen molar-refractivity contribution in [2.24, 2.45) is 46.8 Å². The molecule has 5 rings (SSSR count). The molecule has 1 aromatic rings. The summed E-state index contributed by atoms with van der Waals surface area (Å²) >= 11 is 0. The summed E-state index contributed by atoms with van der Waals surface area (Å²) in [5.74, 6) is 3.68. The molecule has 4 aliphatic rings. The maximum Gasteiger partial charge on any atom is 0.181 e. The molecule has 5 heteroatoms. The Morgan fingerprint density at radius 3 is 2.38 bits per heavy atom. The van der Waals surface area contributed by atoms with Crippen LogP contribution in [-0.4, -0.2) is 35.6 Å². The van der Waals surface area contributed by atoms with E-state index in [1.807, 2.05) is 19.9 Å². The van der Waals surface area contributed by atoms with E-state index in [-0.39, 0.29) is 11.3 Å². The van der Waals surface area contributed by atoms with E-state index in [0.717, 1.165) is 43.9 Å². The molecule has 10 atom stereocenters. The third-order valence-corrected chi connectivity index (χ3v) is 14.6. The maximum atomic E-state index is 13.9. The van der Waals surface area contributed by atoms with Gasteiger partial charge in [-0.1, -0.05) is 64.5 Å². The molecule has 0 bridgehead atoms. The van der Waals surface area contributed by atoms with E-state index in [1.165, 1.54) is 25.7 Å². The van der Waals surface area contributed by atoms with E-state index in [1.54, 1.807) is 29.8 Å². The van der Waals surface area contributed by atoms with Gasteiger partial charge in [0.2, 0.25) is 0 Å². The fourth-order valence-electron chi connectivity index (χ4n) is 9.91. The van der Waals surface area contributed by atoms with Crippen molar-refractivity contribution in [1.82, 2.24) is 0 Å². The van der Waals surface area contributed by atoms with Crippen LogP contribution in [0.3, 0.4) is 0 Å². The summed E-state index contributed by atoms with van der Waals surface area (Å²) in [6, 6.07) is 8.87. The van der Waals surface area contributed by atoms with Crippen molar-refractivity contribution in [3.05, 3.63) is 42.0 Å². The van der Waals surface area contributed by atoms with Gasteiger partial charge in [0.15, 0.2) is 9.84 Å². The summed E-state index contributed by atoms with van der Waals surface area (Å²) in [6.45, 7) is 10.9. The minimum absolute atomic E-state index is 0.0322. The van der Waals surface area contributed by atoms with E-state index in [4.69, 9.17) is 0 Å². The van der Waals surface area contributed by atoms with E-state index in [2.05, 4.69) is 26.8 Å². The zero-order chi connectivity index (χ0) is 28.9. The van der Waals surface area contributed by atoms with Crippen LogP contribution in [0.4, 0.5) is 0 Å². The average Bonchev–Trinajstić information content (AvgIpc) is 3.30. The van der Waals surface area contributed by atoms with E-state index in [9.17, 15) is 18.6 Å². The van der Waals surface area contributed by atoms with Crippen molar-refractivity contribution >= 4 is 9.84 Å². The second-order valence-corrected chi connectivity index (χ2v) is 17.0. The van der Waals surface area contributed by atoms with Crippen LogP contribution in [0.15, 0.2) is 46.9 Å². The molecule has 2 unspecified atom stereocenters. The molecule has 0 saturated heterocycles. The zero-order valence-electron chi connectivity index (χ0n) is 25.6. The van der Waals surface area contributed by atoms with Crippen molar-refractivity contribution in [2.45, 2.75) is 127 Å². The predicted molar refractivity (Wildman–Crippen MR) is 162 cm³/mol. The standard InChI is InChI=1S/C35H54O4S/c1-6-35(37)19-17-28-25(22-35)12-13-30-29(28)16-18-34(5)31(14-15-32(30)34)24(4)20-27(21-33(36)23(2)3)40(38,39)26-10-8-7-9-11-26/h7-12,23-24,27-33,36-37H,6,13-22H2,1-5H3/t24-,27?,28+,29?,30-,31-,32+,33-,34-,35+/m1/s1. The molecule has 0 heterocycles. The number of fused-ring (bicyclic) bond motifs is 5. The number of rotatable bonds is 9. The van der Waals surface area contributed by atoms with Crippen LogP contribution >= 0.6 is 0 Å². The topological polar surface area (TPSA) is 74.6 Å². The van der Waals surface area contributed by atoms with Gasteiger partial charge in [-0.2, -0.15) is 0 Å². The third kappa shape index (κ3) is 5.49. The summed E-state index contributed by atoms with van der Waals surface area (Å²) < 4.78 is 27.7. The number of hydrogen-bond acceptors (Lipinski definition) is 4. The van der Waals surface area contributed by atoms with Gasteiger partial charge >= 0.3 is 0 Å². The highest BCUT2D eigenvalue weighted by Crippen LogP contribution is 2.65. The van der Waals surface area contributed by atoms with Gasteiger partial charge in [-0.15, -0.1) is 0 Å². The second-order valence-electron chi connectivity index (χ2n) is 14.8. The molecule has 0 aliphatic heterocycles. The summed E-state index contributed by atoms with van der Waals surface area (Å²) in [5, 5.41) is 21.2. The molecular formula is C35H54O4S. The van der Waals surface area contributed by atoms with Crippen LogP contribution in [0.1, 0.15) is 105 Å². The van der Waals surface area contributed by atoms with Gasteiger partial charge < -0.3 is 10.2 Å². The maximum absolute atomic E-state index is 13.9. The van der Waals surface area contributed by atoms with E-state index in [0.29, 0.717) is 41.4 Å². The molecule has 1 aromatic carbocycles. The average molecular weight is 571 g/mol. The molecule has 4 aliphatic carbocycles. The van der Waals surface area contributed by atoms with Gasteiger partial charge in [0, 0.05) is 0 Å². The Morgan fingerprint density at radius 2 is 1.70 bits per heavy atom. The summed E-state index contributed by atoms with van der Waals surface area (Å²) in [7, 11) is -3.54. The number of aliphatic hydroxyl groups is 2. The van der Waals surface area contributed by atoms with Crippen LogP contribution in [0.5, 0.6) is 0 Å². The highest BCUT2D eigenvalue weighted by molar-refractivity contribution is 7.92. The van der Waals surface area contributed by atoms with E-state index < -0.39 is 26.8 Å². The van der Waals surface area contributed by atoms with Crippen LogP contribution in [0.25, 0.3) is 0 Å². The fraction of sp³-hybridized carbons (Fsp3) is 0.771. The Bertz CT molecular complexity index is 1160. The molecule has 224 valence electrons. The molecular weight excluding hydrogens is 516 g/mol. The Labute approximate surface area is 244 Å². The van der Waals surface area contributed by atoms with Gasteiger partial charge in [-0.05, 0) is 130 Å². The second kappa shape index (κ2) is 11.5. The minimum Gasteiger partial charge on any atom is -0.393 e. The molecule has 0 aromatic heterocycles. The lowest BCUT2D eigenvalue weighted by molar-refractivity contribution is -0.0461. The first-order chi connectivity index (χ1) is 18.9. The number of allylic oxidation sites excluding steroid dienone is 1. The number of hydrogen-bond donors (Lipinski definition) is 2. The molecule has 3 saturated carbocycles. The Balaban J connectivity index is 1.34. The molecule has 3 fully saturated rings. The molecule has 0 radical (unpaired) electrons. The number of benzene rings is 1. The van der Waals surface area contributed by atoms with Crippen LogP contribution in [0, 0.1) is 46.8 Å². The van der Waals surface area contributed by atoms with E-state index >= 15 is 0 Å². The highest BCUT2D eigenvalue weighted by atomic mass is 32.2. The molecule has 4 nitrogen and oxygen atoms in total. The van der Waals surface area contributed by atoms with Gasteiger partial charge in [-0.3, -0.25) is 0 Å². The van der Waals surface area contributed by atoms with Crippen molar-refractivity contribution in [3.63, 3.8) is 0 Å². The van der Waals surface area contributed by atoms with Crippen molar-refractivity contribution in [3.8, 4) is 0 Å². The van der Waals surface area contributed by atoms with Crippen LogP contribution < -0.4 is 0 Å². The van der Waals surface area contributed by atoms with Crippen molar-refractivity contribution < 1.29 is 18.6 Å². The molecule has 0 amide bonds. The lowest BCUT2D eigenvalue weighted by atomic mass is 9.50. The smallest absolute Gasteiger partial charge is 0.181 e. The summed E-state index contributed by atoms with van der Waals surface area (Å²) in [5.41, 5.74) is 1.30. The highest BCUT2D eigenvalue weighted by Gasteiger charge is 2.57. The first-order valence-electron chi connectivity index (χ1n) is 16.3. The van der Waals surface area contributed by atoms with Gasteiger partial charge in [-0.25, -0.2) is 8.42 Å². The van der Waals surface area contributed by atoms with Crippen LogP contribution in [-0.2, 0) is 9.84 Å². The van der Waals surface area contributed by atoms with Gasteiger partial charge in [0.25, 0.3) is 0 Å². The molecule has 0 spiro atoms. The quantitative estimate of drug-likeness (QED) is 0.300. The summed E-state index contributed by atoms with van der Waals surface area (Å²) in [6.07, 6.45) is 12.7. The predicted octanol–water partition coefficient (Wildman–Crippen LogP) is 7.59. The van der Waals surface area contributed by atoms with Gasteiger partial charge in [0.1, 0.15) is 0 Å². The minimum atomic E-state index is -3.54. The normalized spacial score (nSPS) is 38.1. The molecule has 2 N–H and O–H groups in total. The third-order valence-electron chi connectivity index (χ3n) is 12.4. The van der Waals surface area contributed by atoms with Gasteiger partial charge in [0.05, 0.1) is 21.9 Å². The van der Waals surface area contributed by atoms with Crippen molar-refractivity contribution in [2.75, 3.05) is 0 Å². The SMILES string of the molecule is CC[C@]1(O)CC[C@H]2C(=CC[C@@H]3C2CC[C@]2(C)[C@@H]([C@H](C)CC(C[C@@H](O)C(C)C)S(=O)(=O)c4ccccc4)CC[C@@H]32)C1. The Kier molecular flexibility index (Phi) is 8.70. The summed E-state index contributed by atoms with van der Waals surface area (Å²) in [4.78, 5) is 0.381. The first kappa shape index (κ1) is 30.3. The zero-order valence-corrected chi connectivity index (χ0v) is 26.4. The van der Waals surface area contributed by atoms with Crippen molar-refractivity contribution in [1.29, 1.82) is 0 Å². The lowest BCUT2D eigenvalue weighted by Gasteiger charge is -2.55. The number of aliphatic hydroxyl groups excluding tert-OH is 1. The first-order valence-corrected chi connectivity index (χ1v) is 17.8. The fourth-order valence-corrected chi connectivity index (χ4v) is 11.8. The molecule has 40 heavy (non-hydrogen) atoms. The van der Waals surface area contributed by atoms with Crippen LogP contribution in [0.2, 0.25) is 0 Å².